The fourth-order valence-corrected chi connectivity index (χ4v) is 2.42. The molecular formula is C11H6BrClN2O. The van der Waals surface area contributed by atoms with Gasteiger partial charge in [-0.25, -0.2) is 4.98 Å². The SMILES string of the molecule is Oc1cc2c(cc1Br)[nH]c1ccnc(Cl)c12. The number of pyridine rings is 1. The number of benzene rings is 1. The molecule has 3 aromatic rings. The Morgan fingerprint density at radius 2 is 2.12 bits per heavy atom. The largest absolute Gasteiger partial charge is 0.507 e. The van der Waals surface area contributed by atoms with Crippen LogP contribution in [0, 0.1) is 0 Å². The first-order valence-electron chi connectivity index (χ1n) is 4.61. The molecule has 16 heavy (non-hydrogen) atoms. The minimum absolute atomic E-state index is 0.188. The molecule has 0 bridgehead atoms. The van der Waals surface area contributed by atoms with Gasteiger partial charge in [0.15, 0.2) is 0 Å². The standard InChI is InChI=1S/C11H6BrClN2O/c12-6-4-8-5(3-9(6)16)10-7(15-8)1-2-14-11(10)13/h1-4,15-16H. The molecule has 0 aliphatic carbocycles. The second-order valence-corrected chi connectivity index (χ2v) is 4.71. The number of aromatic hydroxyl groups is 1. The number of aromatic nitrogens is 2. The van der Waals surface area contributed by atoms with Crippen molar-refractivity contribution in [2.45, 2.75) is 0 Å². The maximum absolute atomic E-state index is 9.66. The van der Waals surface area contributed by atoms with E-state index in [4.69, 9.17) is 11.6 Å². The molecule has 0 fully saturated rings. The highest BCUT2D eigenvalue weighted by molar-refractivity contribution is 9.10. The monoisotopic (exact) mass is 296 g/mol. The molecule has 1 aromatic carbocycles. The number of fused-ring (bicyclic) bond motifs is 3. The number of nitrogens with zero attached hydrogens (tertiary/aromatic N) is 1. The molecular weight excluding hydrogens is 291 g/mol. The molecule has 2 heterocycles. The van der Waals surface area contributed by atoms with Crippen LogP contribution in [0.5, 0.6) is 5.75 Å². The first-order valence-corrected chi connectivity index (χ1v) is 5.78. The van der Waals surface area contributed by atoms with Crippen molar-refractivity contribution < 1.29 is 5.11 Å². The summed E-state index contributed by atoms with van der Waals surface area (Å²) in [4.78, 5) is 7.26. The van der Waals surface area contributed by atoms with Gasteiger partial charge in [-0.05, 0) is 34.1 Å². The fourth-order valence-electron chi connectivity index (χ4n) is 1.81. The summed E-state index contributed by atoms with van der Waals surface area (Å²) in [7, 11) is 0. The van der Waals surface area contributed by atoms with Gasteiger partial charge in [-0.1, -0.05) is 11.6 Å². The van der Waals surface area contributed by atoms with Crippen molar-refractivity contribution in [1.82, 2.24) is 9.97 Å². The van der Waals surface area contributed by atoms with E-state index in [-0.39, 0.29) is 5.75 Å². The number of nitrogens with one attached hydrogen (secondary N) is 1. The predicted octanol–water partition coefficient (Wildman–Crippen LogP) is 3.84. The molecule has 2 aromatic heterocycles. The Morgan fingerprint density at radius 1 is 1.31 bits per heavy atom. The van der Waals surface area contributed by atoms with Crippen LogP contribution in [0.1, 0.15) is 0 Å². The van der Waals surface area contributed by atoms with Crippen LogP contribution < -0.4 is 0 Å². The molecule has 80 valence electrons. The predicted molar refractivity (Wildman–Crippen MR) is 68.0 cm³/mol. The van der Waals surface area contributed by atoms with Gasteiger partial charge in [-0.15, -0.1) is 0 Å². The van der Waals surface area contributed by atoms with E-state index >= 15 is 0 Å². The lowest BCUT2D eigenvalue weighted by Crippen LogP contribution is -1.74. The molecule has 0 atom stereocenters. The average Bonchev–Trinajstić information content (AvgIpc) is 2.58. The zero-order valence-electron chi connectivity index (χ0n) is 7.96. The summed E-state index contributed by atoms with van der Waals surface area (Å²) in [5.41, 5.74) is 1.82. The summed E-state index contributed by atoms with van der Waals surface area (Å²) >= 11 is 9.32. The lowest BCUT2D eigenvalue weighted by molar-refractivity contribution is 0.473. The highest BCUT2D eigenvalue weighted by Gasteiger charge is 2.10. The topological polar surface area (TPSA) is 48.9 Å². The van der Waals surface area contributed by atoms with Crippen molar-refractivity contribution in [3.8, 4) is 5.75 Å². The molecule has 2 N–H and O–H groups in total. The van der Waals surface area contributed by atoms with Gasteiger partial charge < -0.3 is 10.1 Å². The van der Waals surface area contributed by atoms with Gasteiger partial charge in [-0.3, -0.25) is 0 Å². The number of phenolic OH excluding ortho intramolecular Hbond substituents is 1. The molecule has 0 saturated carbocycles. The Kier molecular flexibility index (Phi) is 2.09. The third kappa shape index (κ3) is 1.30. The van der Waals surface area contributed by atoms with E-state index in [0.29, 0.717) is 9.63 Å². The summed E-state index contributed by atoms with van der Waals surface area (Å²) in [5, 5.41) is 11.8. The second kappa shape index (κ2) is 3.37. The van der Waals surface area contributed by atoms with Crippen molar-refractivity contribution in [1.29, 1.82) is 0 Å². The number of rotatable bonds is 0. The number of halogens is 2. The highest BCUT2D eigenvalue weighted by atomic mass is 79.9. The Morgan fingerprint density at radius 3 is 2.94 bits per heavy atom. The molecule has 0 spiro atoms. The molecule has 3 rings (SSSR count). The fraction of sp³-hybridized carbons (Fsp3) is 0. The van der Waals surface area contributed by atoms with Crippen LogP contribution in [-0.2, 0) is 0 Å². The smallest absolute Gasteiger partial charge is 0.138 e. The third-order valence-corrected chi connectivity index (χ3v) is 3.45. The maximum Gasteiger partial charge on any atom is 0.138 e. The van der Waals surface area contributed by atoms with E-state index in [1.54, 1.807) is 12.3 Å². The van der Waals surface area contributed by atoms with E-state index in [1.807, 2.05) is 12.1 Å². The first kappa shape index (κ1) is 9.93. The van der Waals surface area contributed by atoms with Gasteiger partial charge in [0.2, 0.25) is 0 Å². The number of aromatic amines is 1. The van der Waals surface area contributed by atoms with Crippen LogP contribution in [0.3, 0.4) is 0 Å². The van der Waals surface area contributed by atoms with E-state index in [0.717, 1.165) is 21.8 Å². The number of H-pyrrole nitrogens is 1. The van der Waals surface area contributed by atoms with Crippen molar-refractivity contribution >= 4 is 49.3 Å². The van der Waals surface area contributed by atoms with Crippen molar-refractivity contribution in [3.05, 3.63) is 34.0 Å². The summed E-state index contributed by atoms with van der Waals surface area (Å²) < 4.78 is 0.649. The lowest BCUT2D eigenvalue weighted by Gasteiger charge is -1.97. The van der Waals surface area contributed by atoms with Crippen LogP contribution >= 0.6 is 27.5 Å². The van der Waals surface area contributed by atoms with Gasteiger partial charge in [0.05, 0.1) is 9.99 Å². The number of phenols is 1. The molecule has 0 saturated heterocycles. The van der Waals surface area contributed by atoms with Gasteiger partial charge in [0.25, 0.3) is 0 Å². The first-order chi connectivity index (χ1) is 7.66. The molecule has 3 nitrogen and oxygen atoms in total. The van der Waals surface area contributed by atoms with E-state index < -0.39 is 0 Å². The minimum atomic E-state index is 0.188. The zero-order chi connectivity index (χ0) is 11.3. The maximum atomic E-state index is 9.66. The minimum Gasteiger partial charge on any atom is -0.507 e. The molecule has 0 aliphatic rings. The Balaban J connectivity index is 2.58. The molecule has 0 aliphatic heterocycles. The van der Waals surface area contributed by atoms with E-state index in [9.17, 15) is 5.11 Å². The normalized spacial score (nSPS) is 11.4. The van der Waals surface area contributed by atoms with Gasteiger partial charge in [-0.2, -0.15) is 0 Å². The van der Waals surface area contributed by atoms with Crippen LogP contribution in [0.15, 0.2) is 28.9 Å². The third-order valence-electron chi connectivity index (χ3n) is 2.53. The van der Waals surface area contributed by atoms with Crippen molar-refractivity contribution in [2.24, 2.45) is 0 Å². The van der Waals surface area contributed by atoms with Gasteiger partial charge in [0, 0.05) is 22.5 Å². The molecule has 0 unspecified atom stereocenters. The molecule has 5 heteroatoms. The number of hydrogen-bond acceptors (Lipinski definition) is 2. The van der Waals surface area contributed by atoms with Crippen LogP contribution in [-0.4, -0.2) is 15.1 Å². The quantitative estimate of drug-likeness (QED) is 0.619. The summed E-state index contributed by atoms with van der Waals surface area (Å²) in [5.74, 6) is 0.188. The van der Waals surface area contributed by atoms with E-state index in [2.05, 4.69) is 25.9 Å². The zero-order valence-corrected chi connectivity index (χ0v) is 10.3. The Hall–Kier alpha value is -1.26. The lowest BCUT2D eigenvalue weighted by atomic mass is 10.2. The Labute approximate surface area is 104 Å². The summed E-state index contributed by atoms with van der Waals surface area (Å²) in [6, 6.07) is 5.35. The number of hydrogen-bond donors (Lipinski definition) is 2. The average molecular weight is 298 g/mol. The van der Waals surface area contributed by atoms with Gasteiger partial charge in [0.1, 0.15) is 10.9 Å². The molecule has 0 radical (unpaired) electrons. The van der Waals surface area contributed by atoms with Crippen molar-refractivity contribution in [3.63, 3.8) is 0 Å². The van der Waals surface area contributed by atoms with Crippen LogP contribution in [0.25, 0.3) is 21.8 Å². The highest BCUT2D eigenvalue weighted by Crippen LogP contribution is 2.35. The van der Waals surface area contributed by atoms with Crippen LogP contribution in [0.4, 0.5) is 0 Å². The summed E-state index contributed by atoms with van der Waals surface area (Å²) in [6.07, 6.45) is 1.65. The van der Waals surface area contributed by atoms with E-state index in [1.165, 1.54) is 0 Å². The Bertz CT molecular complexity index is 708. The van der Waals surface area contributed by atoms with Crippen LogP contribution in [0.2, 0.25) is 5.15 Å². The second-order valence-electron chi connectivity index (χ2n) is 3.50. The van der Waals surface area contributed by atoms with Crippen molar-refractivity contribution in [2.75, 3.05) is 0 Å². The van der Waals surface area contributed by atoms with Gasteiger partial charge >= 0.3 is 0 Å². The molecule has 0 amide bonds. The summed E-state index contributed by atoms with van der Waals surface area (Å²) in [6.45, 7) is 0.